The van der Waals surface area contributed by atoms with Crippen molar-refractivity contribution in [3.8, 4) is 0 Å². The van der Waals surface area contributed by atoms with E-state index in [1.165, 1.54) is 22.8 Å². The van der Waals surface area contributed by atoms with E-state index in [0.29, 0.717) is 32.0 Å². The van der Waals surface area contributed by atoms with Gasteiger partial charge in [-0.25, -0.2) is 4.79 Å². The second-order valence-corrected chi connectivity index (χ2v) is 8.91. The topological polar surface area (TPSA) is 66.0 Å². The van der Waals surface area contributed by atoms with Gasteiger partial charge >= 0.3 is 6.03 Å². The second-order valence-electron chi connectivity index (χ2n) is 7.76. The van der Waals surface area contributed by atoms with Gasteiger partial charge in [0.1, 0.15) is 5.54 Å². The third-order valence-corrected chi connectivity index (χ3v) is 7.40. The predicted molar refractivity (Wildman–Crippen MR) is 108 cm³/mol. The maximum atomic E-state index is 13.5. The molecule has 7 nitrogen and oxygen atoms in total. The summed E-state index contributed by atoms with van der Waals surface area (Å²) in [6.45, 7) is 2.90. The van der Waals surface area contributed by atoms with Gasteiger partial charge in [0.2, 0.25) is 0 Å². The molecule has 0 bridgehead atoms. The molecule has 3 aliphatic heterocycles. The summed E-state index contributed by atoms with van der Waals surface area (Å²) in [6.07, 6.45) is 6.04. The normalized spacial score (nSPS) is 25.2. The molecule has 152 valence electrons. The van der Waals surface area contributed by atoms with Crippen LogP contribution >= 0.6 is 11.8 Å². The van der Waals surface area contributed by atoms with E-state index in [1.807, 2.05) is 23.9 Å². The molecule has 0 aromatic carbocycles. The first-order chi connectivity index (χ1) is 13.7. The SMILES string of the molecule is COCCN1C(=O)N(Cc2cccnc2)C(=O)C12CCN([C@H]1CCSC1)CC2. The molecule has 3 fully saturated rings. The molecule has 4 rings (SSSR count). The molecule has 1 spiro atoms. The number of carbonyl (C=O) groups is 2. The third kappa shape index (κ3) is 3.53. The number of likely N-dealkylation sites (tertiary alicyclic amines) is 1. The van der Waals surface area contributed by atoms with E-state index in [1.54, 1.807) is 24.4 Å². The second kappa shape index (κ2) is 8.39. The average Bonchev–Trinajstić information content (AvgIpc) is 3.32. The van der Waals surface area contributed by atoms with Gasteiger partial charge in [0, 0.05) is 50.9 Å². The molecular weight excluding hydrogens is 376 g/mol. The number of amides is 3. The van der Waals surface area contributed by atoms with E-state index < -0.39 is 5.54 Å². The van der Waals surface area contributed by atoms with Gasteiger partial charge in [-0.15, -0.1) is 0 Å². The maximum absolute atomic E-state index is 13.5. The van der Waals surface area contributed by atoms with Crippen molar-refractivity contribution in [3.05, 3.63) is 30.1 Å². The number of aromatic nitrogens is 1. The highest BCUT2D eigenvalue weighted by Gasteiger charge is 2.57. The number of nitrogens with zero attached hydrogens (tertiary/aromatic N) is 4. The van der Waals surface area contributed by atoms with Gasteiger partial charge in [-0.1, -0.05) is 6.07 Å². The Balaban J connectivity index is 1.53. The van der Waals surface area contributed by atoms with Crippen LogP contribution in [0, 0.1) is 0 Å². The fourth-order valence-electron chi connectivity index (χ4n) is 4.64. The zero-order chi connectivity index (χ0) is 19.6. The van der Waals surface area contributed by atoms with Crippen molar-refractivity contribution in [1.82, 2.24) is 19.7 Å². The van der Waals surface area contributed by atoms with E-state index in [0.717, 1.165) is 18.7 Å². The molecule has 28 heavy (non-hydrogen) atoms. The molecule has 1 atom stereocenters. The van der Waals surface area contributed by atoms with Crippen molar-refractivity contribution in [2.24, 2.45) is 0 Å². The molecule has 3 amide bonds. The minimum absolute atomic E-state index is 0.0575. The van der Waals surface area contributed by atoms with Crippen molar-refractivity contribution >= 4 is 23.7 Å². The Kier molecular flexibility index (Phi) is 5.89. The number of thioether (sulfide) groups is 1. The molecule has 4 heterocycles. The van der Waals surface area contributed by atoms with Crippen LogP contribution < -0.4 is 0 Å². The van der Waals surface area contributed by atoms with Crippen LogP contribution in [0.15, 0.2) is 24.5 Å². The van der Waals surface area contributed by atoms with Crippen LogP contribution in [-0.2, 0) is 16.1 Å². The quantitative estimate of drug-likeness (QED) is 0.674. The van der Waals surface area contributed by atoms with E-state index in [-0.39, 0.29) is 18.5 Å². The monoisotopic (exact) mass is 404 g/mol. The number of urea groups is 1. The van der Waals surface area contributed by atoms with Gasteiger partial charge in [-0.2, -0.15) is 11.8 Å². The van der Waals surface area contributed by atoms with Crippen LogP contribution in [0.3, 0.4) is 0 Å². The summed E-state index contributed by atoms with van der Waals surface area (Å²) < 4.78 is 5.23. The fraction of sp³-hybridized carbons (Fsp3) is 0.650. The Morgan fingerprint density at radius 1 is 1.32 bits per heavy atom. The Hall–Kier alpha value is -1.64. The standard InChI is InChI=1S/C20H28N4O3S/c1-27-11-10-24-19(26)23(14-16-3-2-7-21-13-16)18(25)20(24)5-8-22(9-6-20)17-4-12-28-15-17/h2-3,7,13,17H,4-6,8-12,14-15H2,1H3/t17-/m0/s1. The van der Waals surface area contributed by atoms with Gasteiger partial charge in [-0.05, 0) is 36.6 Å². The Bertz CT molecular complexity index is 703. The molecule has 3 saturated heterocycles. The number of pyridine rings is 1. The lowest BCUT2D eigenvalue weighted by molar-refractivity contribution is -0.136. The largest absolute Gasteiger partial charge is 0.383 e. The highest BCUT2D eigenvalue weighted by Crippen LogP contribution is 2.39. The van der Waals surface area contributed by atoms with Gasteiger partial charge < -0.3 is 9.64 Å². The summed E-state index contributed by atoms with van der Waals surface area (Å²) in [6, 6.07) is 4.15. The van der Waals surface area contributed by atoms with Gasteiger partial charge in [0.05, 0.1) is 13.2 Å². The lowest BCUT2D eigenvalue weighted by Crippen LogP contribution is -2.58. The summed E-state index contributed by atoms with van der Waals surface area (Å²) in [5, 5.41) is 0. The highest BCUT2D eigenvalue weighted by atomic mass is 32.2. The minimum Gasteiger partial charge on any atom is -0.383 e. The van der Waals surface area contributed by atoms with E-state index in [9.17, 15) is 9.59 Å². The van der Waals surface area contributed by atoms with Crippen LogP contribution in [0.25, 0.3) is 0 Å². The Morgan fingerprint density at radius 3 is 2.79 bits per heavy atom. The first kappa shape index (κ1) is 19.7. The zero-order valence-electron chi connectivity index (χ0n) is 16.4. The lowest BCUT2D eigenvalue weighted by Gasteiger charge is -2.43. The fourth-order valence-corrected chi connectivity index (χ4v) is 5.90. The molecule has 0 unspecified atom stereocenters. The number of piperidine rings is 1. The van der Waals surface area contributed by atoms with Crippen molar-refractivity contribution < 1.29 is 14.3 Å². The molecule has 1 aromatic rings. The minimum atomic E-state index is -0.722. The van der Waals surface area contributed by atoms with Crippen molar-refractivity contribution in [1.29, 1.82) is 0 Å². The highest BCUT2D eigenvalue weighted by molar-refractivity contribution is 7.99. The average molecular weight is 405 g/mol. The van der Waals surface area contributed by atoms with Crippen molar-refractivity contribution in [2.75, 3.05) is 44.9 Å². The molecule has 0 aliphatic carbocycles. The molecule has 0 radical (unpaired) electrons. The van der Waals surface area contributed by atoms with Gasteiger partial charge in [-0.3, -0.25) is 19.6 Å². The van der Waals surface area contributed by atoms with Crippen LogP contribution in [0.4, 0.5) is 4.79 Å². The summed E-state index contributed by atoms with van der Waals surface area (Å²) in [7, 11) is 1.63. The van der Waals surface area contributed by atoms with E-state index >= 15 is 0 Å². The number of hydrogen-bond donors (Lipinski definition) is 0. The van der Waals surface area contributed by atoms with Crippen molar-refractivity contribution in [2.45, 2.75) is 37.4 Å². The molecule has 8 heteroatoms. The maximum Gasteiger partial charge on any atom is 0.328 e. The molecule has 1 aromatic heterocycles. The smallest absolute Gasteiger partial charge is 0.328 e. The van der Waals surface area contributed by atoms with E-state index in [2.05, 4.69) is 9.88 Å². The predicted octanol–water partition coefficient (Wildman–Crippen LogP) is 1.83. The van der Waals surface area contributed by atoms with Crippen LogP contribution in [0.5, 0.6) is 0 Å². The molecular formula is C20H28N4O3S. The van der Waals surface area contributed by atoms with Crippen LogP contribution in [-0.4, -0.2) is 88.1 Å². The Labute approximate surface area is 170 Å². The van der Waals surface area contributed by atoms with Gasteiger partial charge in [0.15, 0.2) is 0 Å². The summed E-state index contributed by atoms with van der Waals surface area (Å²) in [5.74, 6) is 2.35. The lowest BCUT2D eigenvalue weighted by atomic mass is 9.85. The summed E-state index contributed by atoms with van der Waals surface area (Å²) in [5.41, 5.74) is 0.147. The molecule has 0 saturated carbocycles. The number of methoxy groups -OCH3 is 1. The van der Waals surface area contributed by atoms with E-state index in [4.69, 9.17) is 4.74 Å². The molecule has 3 aliphatic rings. The zero-order valence-corrected chi connectivity index (χ0v) is 17.2. The first-order valence-electron chi connectivity index (χ1n) is 9.99. The molecule has 0 N–H and O–H groups in total. The first-order valence-corrected chi connectivity index (χ1v) is 11.1. The number of ether oxygens (including phenoxy) is 1. The number of rotatable bonds is 6. The van der Waals surface area contributed by atoms with Crippen LogP contribution in [0.1, 0.15) is 24.8 Å². The Morgan fingerprint density at radius 2 is 2.14 bits per heavy atom. The summed E-state index contributed by atoms with van der Waals surface area (Å²) >= 11 is 2.01. The summed E-state index contributed by atoms with van der Waals surface area (Å²) in [4.78, 5) is 36.5. The van der Waals surface area contributed by atoms with Crippen LogP contribution in [0.2, 0.25) is 0 Å². The number of imide groups is 1. The van der Waals surface area contributed by atoms with Gasteiger partial charge in [0.25, 0.3) is 5.91 Å². The number of carbonyl (C=O) groups excluding carboxylic acids is 2. The number of hydrogen-bond acceptors (Lipinski definition) is 6. The van der Waals surface area contributed by atoms with Crippen molar-refractivity contribution in [3.63, 3.8) is 0 Å². The third-order valence-electron chi connectivity index (χ3n) is 6.25.